The van der Waals surface area contributed by atoms with E-state index in [2.05, 4.69) is 15.9 Å². The van der Waals surface area contributed by atoms with Gasteiger partial charge in [-0.3, -0.25) is 4.79 Å². The molecule has 0 aliphatic rings. The molecule has 1 aromatic heterocycles. The van der Waals surface area contributed by atoms with E-state index in [0.717, 1.165) is 0 Å². The number of carbonyl (C=O) groups is 1. The number of rotatable bonds is 4. The van der Waals surface area contributed by atoms with Crippen molar-refractivity contribution in [3.05, 3.63) is 45.3 Å². The Hall–Kier alpha value is -1.46. The van der Waals surface area contributed by atoms with E-state index in [4.69, 9.17) is 25.5 Å². The van der Waals surface area contributed by atoms with Crippen molar-refractivity contribution in [3.63, 3.8) is 0 Å². The van der Waals surface area contributed by atoms with Crippen LogP contribution in [-0.4, -0.2) is 20.0 Å². The SMILES string of the molecule is COc1cc(Cl)c(C(=O)c2ccoc2Br)cc1OC. The largest absolute Gasteiger partial charge is 0.493 e. The Morgan fingerprint density at radius 1 is 1.21 bits per heavy atom. The Morgan fingerprint density at radius 3 is 2.37 bits per heavy atom. The lowest BCUT2D eigenvalue weighted by Gasteiger charge is -2.10. The molecule has 0 saturated heterocycles. The fraction of sp³-hybridized carbons (Fsp3) is 0.154. The van der Waals surface area contributed by atoms with E-state index in [-0.39, 0.29) is 10.8 Å². The first kappa shape index (κ1) is 14.0. The molecule has 0 fully saturated rings. The molecule has 0 N–H and O–H groups in total. The van der Waals surface area contributed by atoms with Crippen LogP contribution in [0.2, 0.25) is 5.02 Å². The van der Waals surface area contributed by atoms with Crippen molar-refractivity contribution in [3.8, 4) is 11.5 Å². The summed E-state index contributed by atoms with van der Waals surface area (Å²) in [5.41, 5.74) is 0.718. The molecule has 100 valence electrons. The second kappa shape index (κ2) is 5.67. The quantitative estimate of drug-likeness (QED) is 0.787. The van der Waals surface area contributed by atoms with E-state index < -0.39 is 0 Å². The minimum absolute atomic E-state index is 0.258. The molecule has 0 bridgehead atoms. The van der Waals surface area contributed by atoms with Crippen LogP contribution in [0.1, 0.15) is 15.9 Å². The third-order valence-corrected chi connectivity index (χ3v) is 3.51. The molecule has 2 aromatic rings. The van der Waals surface area contributed by atoms with Crippen molar-refractivity contribution in [2.24, 2.45) is 0 Å². The Kier molecular flexibility index (Phi) is 4.17. The van der Waals surface area contributed by atoms with Gasteiger partial charge in [-0.05, 0) is 28.1 Å². The third kappa shape index (κ3) is 2.62. The van der Waals surface area contributed by atoms with Gasteiger partial charge >= 0.3 is 0 Å². The monoisotopic (exact) mass is 344 g/mol. The number of ketones is 1. The second-order valence-electron chi connectivity index (χ2n) is 3.62. The fourth-order valence-corrected chi connectivity index (χ4v) is 2.29. The average molecular weight is 346 g/mol. The summed E-state index contributed by atoms with van der Waals surface area (Å²) in [5, 5.41) is 0.288. The van der Waals surface area contributed by atoms with Crippen molar-refractivity contribution in [1.29, 1.82) is 0 Å². The summed E-state index contributed by atoms with van der Waals surface area (Å²) in [6.45, 7) is 0. The summed E-state index contributed by atoms with van der Waals surface area (Å²) in [7, 11) is 3.00. The van der Waals surface area contributed by atoms with Crippen molar-refractivity contribution >= 4 is 33.3 Å². The fourth-order valence-electron chi connectivity index (χ4n) is 1.63. The summed E-state index contributed by atoms with van der Waals surface area (Å²) in [6, 6.07) is 4.66. The topological polar surface area (TPSA) is 48.7 Å². The summed E-state index contributed by atoms with van der Waals surface area (Å²) >= 11 is 9.26. The van der Waals surface area contributed by atoms with Gasteiger partial charge in [0.25, 0.3) is 0 Å². The Morgan fingerprint density at radius 2 is 1.84 bits per heavy atom. The van der Waals surface area contributed by atoms with Crippen LogP contribution in [0.25, 0.3) is 0 Å². The van der Waals surface area contributed by atoms with Gasteiger partial charge in [-0.25, -0.2) is 0 Å². The van der Waals surface area contributed by atoms with Crippen LogP contribution >= 0.6 is 27.5 Å². The van der Waals surface area contributed by atoms with Crippen LogP contribution < -0.4 is 9.47 Å². The summed E-state index contributed by atoms with van der Waals surface area (Å²) in [6.07, 6.45) is 1.42. The van der Waals surface area contributed by atoms with Crippen LogP contribution in [-0.2, 0) is 0 Å². The van der Waals surface area contributed by atoms with E-state index in [1.54, 1.807) is 18.2 Å². The molecule has 0 radical (unpaired) electrons. The van der Waals surface area contributed by atoms with Gasteiger partial charge in [0.05, 0.1) is 31.1 Å². The molecule has 2 rings (SSSR count). The molecule has 1 heterocycles. The van der Waals surface area contributed by atoms with Crippen molar-refractivity contribution in [2.75, 3.05) is 14.2 Å². The van der Waals surface area contributed by atoms with Gasteiger partial charge in [-0.2, -0.15) is 0 Å². The van der Waals surface area contributed by atoms with Crippen molar-refractivity contribution in [1.82, 2.24) is 0 Å². The molecule has 0 spiro atoms. The number of benzene rings is 1. The number of hydrogen-bond donors (Lipinski definition) is 0. The van der Waals surface area contributed by atoms with Crippen LogP contribution in [0.3, 0.4) is 0 Å². The van der Waals surface area contributed by atoms with Crippen LogP contribution in [0.4, 0.5) is 0 Å². The molecule has 0 atom stereocenters. The predicted molar refractivity (Wildman–Crippen MR) is 74.4 cm³/mol. The lowest BCUT2D eigenvalue weighted by molar-refractivity contribution is 0.103. The van der Waals surface area contributed by atoms with Gasteiger partial charge in [0.1, 0.15) is 0 Å². The van der Waals surface area contributed by atoms with E-state index >= 15 is 0 Å². The molecule has 4 nitrogen and oxygen atoms in total. The summed E-state index contributed by atoms with van der Waals surface area (Å²) < 4.78 is 15.7. The van der Waals surface area contributed by atoms with E-state index in [1.165, 1.54) is 20.5 Å². The average Bonchev–Trinajstić information content (AvgIpc) is 2.83. The van der Waals surface area contributed by atoms with Gasteiger partial charge in [0.2, 0.25) is 0 Å². The number of methoxy groups -OCH3 is 2. The highest BCUT2D eigenvalue weighted by Crippen LogP contribution is 2.35. The standard InChI is InChI=1S/C13H10BrClO4/c1-17-10-5-8(9(15)6-11(10)18-2)12(16)7-3-4-19-13(7)14/h3-6H,1-2H3. The summed E-state index contributed by atoms with van der Waals surface area (Å²) in [5.74, 6) is 0.650. The van der Waals surface area contributed by atoms with E-state index in [1.807, 2.05) is 0 Å². The van der Waals surface area contributed by atoms with Crippen LogP contribution in [0.5, 0.6) is 11.5 Å². The van der Waals surface area contributed by atoms with Gasteiger partial charge in [-0.15, -0.1) is 0 Å². The first-order chi connectivity index (χ1) is 9.08. The molecule has 0 amide bonds. The zero-order valence-electron chi connectivity index (χ0n) is 10.2. The molecule has 0 saturated carbocycles. The maximum Gasteiger partial charge on any atom is 0.199 e. The third-order valence-electron chi connectivity index (χ3n) is 2.58. The van der Waals surface area contributed by atoms with Crippen molar-refractivity contribution in [2.45, 2.75) is 0 Å². The molecular weight excluding hydrogens is 335 g/mol. The predicted octanol–water partition coefficient (Wildman–Crippen LogP) is 3.94. The lowest BCUT2D eigenvalue weighted by Crippen LogP contribution is -2.03. The van der Waals surface area contributed by atoms with E-state index in [0.29, 0.717) is 27.3 Å². The van der Waals surface area contributed by atoms with Crippen LogP contribution in [0, 0.1) is 0 Å². The van der Waals surface area contributed by atoms with E-state index in [9.17, 15) is 4.79 Å². The van der Waals surface area contributed by atoms with Crippen LogP contribution in [0.15, 0.2) is 33.5 Å². The molecule has 0 aliphatic heterocycles. The molecule has 0 unspecified atom stereocenters. The lowest BCUT2D eigenvalue weighted by atomic mass is 10.1. The number of ether oxygens (including phenoxy) is 2. The zero-order chi connectivity index (χ0) is 14.0. The number of furan rings is 1. The maximum atomic E-state index is 12.3. The Balaban J connectivity index is 2.51. The summed E-state index contributed by atoms with van der Waals surface area (Å²) in [4.78, 5) is 12.3. The van der Waals surface area contributed by atoms with Crippen molar-refractivity contribution < 1.29 is 18.7 Å². The molecule has 0 aliphatic carbocycles. The number of carbonyl (C=O) groups excluding carboxylic acids is 1. The zero-order valence-corrected chi connectivity index (χ0v) is 12.5. The highest BCUT2D eigenvalue weighted by molar-refractivity contribution is 9.10. The number of halogens is 2. The van der Waals surface area contributed by atoms with Gasteiger partial charge in [0.15, 0.2) is 22.0 Å². The first-order valence-electron chi connectivity index (χ1n) is 5.27. The first-order valence-corrected chi connectivity index (χ1v) is 6.44. The highest BCUT2D eigenvalue weighted by Gasteiger charge is 2.20. The normalized spacial score (nSPS) is 10.3. The Labute approximate surface area is 123 Å². The van der Waals surface area contributed by atoms with Gasteiger partial charge in [0, 0.05) is 11.6 Å². The highest BCUT2D eigenvalue weighted by atomic mass is 79.9. The molecule has 19 heavy (non-hydrogen) atoms. The van der Waals surface area contributed by atoms with Gasteiger partial charge < -0.3 is 13.9 Å². The minimum Gasteiger partial charge on any atom is -0.493 e. The molecular formula is C13H10BrClO4. The maximum absolute atomic E-state index is 12.3. The van der Waals surface area contributed by atoms with Gasteiger partial charge in [-0.1, -0.05) is 11.6 Å². The number of hydrogen-bond acceptors (Lipinski definition) is 4. The Bertz CT molecular complexity index is 621. The second-order valence-corrected chi connectivity index (χ2v) is 4.75. The molecule has 6 heteroatoms. The molecule has 1 aromatic carbocycles. The smallest absolute Gasteiger partial charge is 0.199 e. The minimum atomic E-state index is -0.258.